The number of halogens is 2. The number of amides is 1. The Balaban J connectivity index is 1.82. The zero-order valence-electron chi connectivity index (χ0n) is 14.9. The number of carbonyl (C=O) groups excluding carboxylic acids is 2. The second kappa shape index (κ2) is 7.41. The number of hydrogen-bond acceptors (Lipinski definition) is 4. The highest BCUT2D eigenvalue weighted by Crippen LogP contribution is 2.64. The lowest BCUT2D eigenvalue weighted by molar-refractivity contribution is -0.159. The van der Waals surface area contributed by atoms with Crippen LogP contribution < -0.4 is 10.1 Å². The summed E-state index contributed by atoms with van der Waals surface area (Å²) in [5.74, 6) is -0.496. The van der Waals surface area contributed by atoms with Gasteiger partial charge in [-0.2, -0.15) is 0 Å². The maximum Gasteiger partial charge on any atom is 0.316 e. The third-order valence-corrected chi connectivity index (χ3v) is 5.71. The van der Waals surface area contributed by atoms with Crippen LogP contribution in [0.25, 0.3) is 0 Å². The molecule has 5 nitrogen and oxygen atoms in total. The molecule has 142 valence electrons. The molecule has 1 amide bonds. The van der Waals surface area contributed by atoms with Crippen LogP contribution in [0.3, 0.4) is 0 Å². The highest BCUT2D eigenvalue weighted by atomic mass is 35.5. The van der Waals surface area contributed by atoms with E-state index in [0.717, 1.165) is 0 Å². The molecular formula is C20H19Cl2NO4. The Kier molecular flexibility index (Phi) is 5.36. The maximum atomic E-state index is 12.9. The molecule has 0 unspecified atom stereocenters. The Morgan fingerprint density at radius 3 is 2.37 bits per heavy atom. The van der Waals surface area contributed by atoms with E-state index in [4.69, 9.17) is 32.7 Å². The fourth-order valence-corrected chi connectivity index (χ4v) is 3.36. The monoisotopic (exact) mass is 407 g/mol. The number of anilines is 1. The van der Waals surface area contributed by atoms with E-state index in [1.165, 1.54) is 7.11 Å². The molecule has 0 spiro atoms. The minimum atomic E-state index is -1.17. The van der Waals surface area contributed by atoms with Crippen LogP contribution in [0.15, 0.2) is 54.6 Å². The van der Waals surface area contributed by atoms with Crippen LogP contribution in [0.4, 0.5) is 5.69 Å². The van der Waals surface area contributed by atoms with Gasteiger partial charge in [0.1, 0.15) is 15.5 Å². The van der Waals surface area contributed by atoms with Crippen molar-refractivity contribution in [1.29, 1.82) is 0 Å². The van der Waals surface area contributed by atoms with Gasteiger partial charge < -0.3 is 14.8 Å². The van der Waals surface area contributed by atoms with Gasteiger partial charge in [-0.3, -0.25) is 9.59 Å². The summed E-state index contributed by atoms with van der Waals surface area (Å²) in [7, 11) is 1.54. The number of benzene rings is 2. The van der Waals surface area contributed by atoms with E-state index < -0.39 is 27.7 Å². The molecule has 1 N–H and O–H groups in total. The van der Waals surface area contributed by atoms with Crippen LogP contribution in [0.2, 0.25) is 0 Å². The molecule has 0 aliphatic heterocycles. The van der Waals surface area contributed by atoms with Crippen molar-refractivity contribution in [2.75, 3.05) is 12.4 Å². The maximum absolute atomic E-state index is 12.9. The molecule has 1 aliphatic carbocycles. The van der Waals surface area contributed by atoms with Gasteiger partial charge in [-0.25, -0.2) is 0 Å². The average molecular weight is 408 g/mol. The Labute approximate surface area is 167 Å². The van der Waals surface area contributed by atoms with Crippen LogP contribution in [0.1, 0.15) is 25.0 Å². The van der Waals surface area contributed by atoms with Crippen molar-refractivity contribution in [2.24, 2.45) is 5.41 Å². The molecule has 3 rings (SSSR count). The minimum Gasteiger partial charge on any atom is -0.497 e. The van der Waals surface area contributed by atoms with Gasteiger partial charge in [0.25, 0.3) is 5.91 Å². The lowest BCUT2D eigenvalue weighted by Crippen LogP contribution is -2.30. The smallest absolute Gasteiger partial charge is 0.316 e. The van der Waals surface area contributed by atoms with Gasteiger partial charge in [0, 0.05) is 23.7 Å². The number of alkyl halides is 2. The van der Waals surface area contributed by atoms with Crippen molar-refractivity contribution in [3.63, 3.8) is 0 Å². The second-order valence-electron chi connectivity index (χ2n) is 6.63. The average Bonchev–Trinajstić information content (AvgIpc) is 3.19. The number of hydrogen-bond donors (Lipinski definition) is 1. The van der Waals surface area contributed by atoms with Crippen LogP contribution in [-0.4, -0.2) is 23.3 Å². The summed E-state index contributed by atoms with van der Waals surface area (Å²) < 4.78 is 9.52. The van der Waals surface area contributed by atoms with Gasteiger partial charge in [-0.05, 0) is 19.1 Å². The van der Waals surface area contributed by atoms with Gasteiger partial charge >= 0.3 is 5.97 Å². The quantitative estimate of drug-likeness (QED) is 0.565. The third kappa shape index (κ3) is 4.04. The van der Waals surface area contributed by atoms with Crippen LogP contribution in [-0.2, 0) is 14.3 Å². The van der Waals surface area contributed by atoms with Crippen molar-refractivity contribution in [3.05, 3.63) is 60.2 Å². The molecule has 2 aromatic rings. The number of ether oxygens (including phenoxy) is 2. The second-order valence-corrected chi connectivity index (χ2v) is 8.11. The van der Waals surface area contributed by atoms with Crippen LogP contribution >= 0.6 is 23.2 Å². The van der Waals surface area contributed by atoms with E-state index in [1.807, 2.05) is 6.07 Å². The molecule has 1 saturated carbocycles. The largest absolute Gasteiger partial charge is 0.497 e. The van der Waals surface area contributed by atoms with Crippen LogP contribution in [0, 0.1) is 5.41 Å². The fraction of sp³-hybridized carbons (Fsp3) is 0.300. The lowest BCUT2D eigenvalue weighted by Gasteiger charge is -2.21. The van der Waals surface area contributed by atoms with Crippen molar-refractivity contribution >= 4 is 40.8 Å². The van der Waals surface area contributed by atoms with Crippen molar-refractivity contribution in [1.82, 2.24) is 0 Å². The van der Waals surface area contributed by atoms with Crippen LogP contribution in [0.5, 0.6) is 5.75 Å². The van der Waals surface area contributed by atoms with Gasteiger partial charge in [0.15, 0.2) is 0 Å². The predicted octanol–water partition coefficient (Wildman–Crippen LogP) is 4.50. The van der Waals surface area contributed by atoms with Crippen molar-refractivity contribution < 1.29 is 19.1 Å². The van der Waals surface area contributed by atoms with Gasteiger partial charge in [0.05, 0.1) is 7.11 Å². The first-order valence-corrected chi connectivity index (χ1v) is 9.11. The standard InChI is InChI=1S/C20H19Cl2NO4/c1-19(12-20(19,21)22)18(25)27-16(13-7-4-3-5-8-13)17(24)23-14-9-6-10-15(11-14)26-2/h3-11,16H,12H2,1-2H3,(H,23,24)/t16-,19+/m1/s1. The lowest BCUT2D eigenvalue weighted by atomic mass is 10.1. The Morgan fingerprint density at radius 2 is 1.78 bits per heavy atom. The van der Waals surface area contributed by atoms with E-state index >= 15 is 0 Å². The normalized spacial score (nSPS) is 21.0. The molecule has 27 heavy (non-hydrogen) atoms. The van der Waals surface area contributed by atoms with Gasteiger partial charge in [-0.1, -0.05) is 36.4 Å². The Bertz CT molecular complexity index is 856. The number of nitrogens with one attached hydrogen (secondary N) is 1. The zero-order valence-corrected chi connectivity index (χ0v) is 16.4. The van der Waals surface area contributed by atoms with Crippen molar-refractivity contribution in [3.8, 4) is 5.75 Å². The summed E-state index contributed by atoms with van der Waals surface area (Å²) in [6, 6.07) is 15.7. The van der Waals surface area contributed by atoms with Gasteiger partial charge in [0.2, 0.25) is 6.10 Å². The number of esters is 1. The number of methoxy groups -OCH3 is 1. The number of rotatable bonds is 6. The number of carbonyl (C=O) groups is 2. The molecule has 0 heterocycles. The fourth-order valence-electron chi connectivity index (χ4n) is 2.67. The zero-order chi connectivity index (χ0) is 19.7. The summed E-state index contributed by atoms with van der Waals surface area (Å²) in [6.07, 6.45) is -0.854. The Morgan fingerprint density at radius 1 is 1.11 bits per heavy atom. The topological polar surface area (TPSA) is 64.6 Å². The molecule has 1 aliphatic rings. The van der Waals surface area contributed by atoms with Crippen molar-refractivity contribution in [2.45, 2.75) is 23.8 Å². The molecule has 2 aromatic carbocycles. The predicted molar refractivity (Wildman–Crippen MR) is 104 cm³/mol. The highest BCUT2D eigenvalue weighted by molar-refractivity contribution is 6.53. The van der Waals surface area contributed by atoms with E-state index in [2.05, 4.69) is 5.32 Å². The van der Waals surface area contributed by atoms with Gasteiger partial charge in [-0.15, -0.1) is 23.2 Å². The first kappa shape index (κ1) is 19.5. The Hall–Kier alpha value is -2.24. The summed E-state index contributed by atoms with van der Waals surface area (Å²) in [5.41, 5.74) is 0.0441. The summed E-state index contributed by atoms with van der Waals surface area (Å²) in [5, 5.41) is 2.75. The molecule has 0 saturated heterocycles. The minimum absolute atomic E-state index is 0.279. The molecule has 0 bridgehead atoms. The molecular weight excluding hydrogens is 389 g/mol. The molecule has 1 fully saturated rings. The first-order valence-electron chi connectivity index (χ1n) is 8.35. The van der Waals surface area contributed by atoms with E-state index in [1.54, 1.807) is 55.5 Å². The summed E-state index contributed by atoms with van der Waals surface area (Å²) >= 11 is 12.1. The summed E-state index contributed by atoms with van der Waals surface area (Å²) in [4.78, 5) is 25.5. The molecule has 7 heteroatoms. The molecule has 0 radical (unpaired) electrons. The van der Waals surface area contributed by atoms with E-state index in [-0.39, 0.29) is 6.42 Å². The highest BCUT2D eigenvalue weighted by Gasteiger charge is 2.69. The van der Waals surface area contributed by atoms with E-state index in [9.17, 15) is 9.59 Å². The first-order chi connectivity index (χ1) is 12.8. The summed E-state index contributed by atoms with van der Waals surface area (Å²) in [6.45, 7) is 1.62. The van der Waals surface area contributed by atoms with E-state index in [0.29, 0.717) is 17.0 Å². The third-order valence-electron chi connectivity index (χ3n) is 4.61. The SMILES string of the molecule is COc1cccc(NC(=O)[C@H](OC(=O)[C@]2(C)CC2(Cl)Cl)c2ccccc2)c1. The molecule has 0 aromatic heterocycles. The molecule has 2 atom stereocenters.